The molecule has 0 bridgehead atoms. The van der Waals surface area contributed by atoms with Gasteiger partial charge in [-0.05, 0) is 25.5 Å². The van der Waals surface area contributed by atoms with E-state index in [0.717, 1.165) is 5.56 Å². The Labute approximate surface area is 105 Å². The summed E-state index contributed by atoms with van der Waals surface area (Å²) < 4.78 is 0. The van der Waals surface area contributed by atoms with Gasteiger partial charge in [-0.15, -0.1) is 0 Å². The number of hydrogen-bond acceptors (Lipinski definition) is 4. The highest BCUT2D eigenvalue weighted by Gasteiger charge is 2.25. The molecule has 2 atom stereocenters. The largest absolute Gasteiger partial charge is 0.480 e. The number of hydrogen-bond donors (Lipinski definition) is 3. The number of pyridine rings is 1. The van der Waals surface area contributed by atoms with Crippen molar-refractivity contribution < 1.29 is 19.8 Å². The molecule has 18 heavy (non-hydrogen) atoms. The maximum absolute atomic E-state index is 11.7. The summed E-state index contributed by atoms with van der Waals surface area (Å²) in [5, 5.41) is 20.3. The number of nitrogens with zero attached hydrogens (tertiary/aromatic N) is 1. The Balaban J connectivity index is 2.67. The number of carboxylic acid groups (broad SMARTS) is 1. The van der Waals surface area contributed by atoms with Crippen molar-refractivity contribution in [1.82, 2.24) is 10.3 Å². The van der Waals surface area contributed by atoms with Crippen LogP contribution >= 0.6 is 0 Å². The number of amides is 1. The molecule has 0 saturated heterocycles. The molecule has 6 nitrogen and oxygen atoms in total. The second-order valence-electron chi connectivity index (χ2n) is 4.07. The molecule has 0 unspecified atom stereocenters. The third-order valence-corrected chi connectivity index (χ3v) is 2.51. The summed E-state index contributed by atoms with van der Waals surface area (Å²) in [6.45, 7) is 3.13. The topological polar surface area (TPSA) is 99.5 Å². The molecule has 0 saturated carbocycles. The summed E-state index contributed by atoms with van der Waals surface area (Å²) in [6, 6.07) is 2.27. The van der Waals surface area contributed by atoms with Crippen LogP contribution in [0.25, 0.3) is 0 Å². The lowest BCUT2D eigenvalue weighted by molar-refractivity contribution is -0.144. The van der Waals surface area contributed by atoms with Gasteiger partial charge in [-0.2, -0.15) is 0 Å². The summed E-state index contributed by atoms with van der Waals surface area (Å²) >= 11 is 0. The van der Waals surface area contributed by atoms with Crippen LogP contribution in [-0.2, 0) is 16.0 Å². The highest BCUT2D eigenvalue weighted by Crippen LogP contribution is 2.04. The Morgan fingerprint density at radius 1 is 1.50 bits per heavy atom. The van der Waals surface area contributed by atoms with Crippen LogP contribution in [0.15, 0.2) is 18.3 Å². The second-order valence-corrected chi connectivity index (χ2v) is 4.07. The molecule has 0 radical (unpaired) electrons. The molecule has 1 rings (SSSR count). The molecule has 0 aliphatic rings. The van der Waals surface area contributed by atoms with Crippen LogP contribution in [0, 0.1) is 6.92 Å². The van der Waals surface area contributed by atoms with Crippen LogP contribution in [0.5, 0.6) is 0 Å². The monoisotopic (exact) mass is 252 g/mol. The Morgan fingerprint density at radius 2 is 2.17 bits per heavy atom. The fourth-order valence-electron chi connectivity index (χ4n) is 1.47. The van der Waals surface area contributed by atoms with Crippen LogP contribution in [0.3, 0.4) is 0 Å². The normalized spacial score (nSPS) is 13.7. The SMILES string of the molecule is Cc1cccnc1CC(=O)N[C@H](C(=O)O)[C@@H](C)O. The molecule has 1 heterocycles. The molecular weight excluding hydrogens is 236 g/mol. The molecule has 0 aromatic carbocycles. The van der Waals surface area contributed by atoms with Gasteiger partial charge in [-0.25, -0.2) is 4.79 Å². The van der Waals surface area contributed by atoms with Gasteiger partial charge < -0.3 is 15.5 Å². The van der Waals surface area contributed by atoms with Gasteiger partial charge in [0, 0.05) is 6.20 Å². The Bertz CT molecular complexity index is 445. The number of aliphatic carboxylic acids is 1. The van der Waals surface area contributed by atoms with Crippen molar-refractivity contribution in [2.75, 3.05) is 0 Å². The van der Waals surface area contributed by atoms with Gasteiger partial charge in [0.25, 0.3) is 0 Å². The van der Waals surface area contributed by atoms with E-state index in [1.54, 1.807) is 12.3 Å². The zero-order chi connectivity index (χ0) is 13.7. The average Bonchev–Trinajstić information content (AvgIpc) is 2.28. The molecule has 98 valence electrons. The van der Waals surface area contributed by atoms with Crippen molar-refractivity contribution in [3.05, 3.63) is 29.6 Å². The molecular formula is C12H16N2O4. The van der Waals surface area contributed by atoms with Crippen LogP contribution in [0.4, 0.5) is 0 Å². The number of carboxylic acids is 1. The number of nitrogens with one attached hydrogen (secondary N) is 1. The van der Waals surface area contributed by atoms with Crippen molar-refractivity contribution in [3.8, 4) is 0 Å². The molecule has 6 heteroatoms. The van der Waals surface area contributed by atoms with E-state index in [1.165, 1.54) is 6.92 Å². The van der Waals surface area contributed by atoms with Crippen LogP contribution < -0.4 is 5.32 Å². The first-order chi connectivity index (χ1) is 8.41. The quantitative estimate of drug-likeness (QED) is 0.678. The van der Waals surface area contributed by atoms with Crippen molar-refractivity contribution in [3.63, 3.8) is 0 Å². The Morgan fingerprint density at radius 3 is 2.67 bits per heavy atom. The summed E-state index contributed by atoms with van der Waals surface area (Å²) in [5.41, 5.74) is 1.45. The lowest BCUT2D eigenvalue weighted by Gasteiger charge is -2.17. The zero-order valence-electron chi connectivity index (χ0n) is 10.3. The van der Waals surface area contributed by atoms with Gasteiger partial charge in [0.2, 0.25) is 5.91 Å². The number of aryl methyl sites for hydroxylation is 1. The van der Waals surface area contributed by atoms with E-state index in [2.05, 4.69) is 10.3 Å². The van der Waals surface area contributed by atoms with Gasteiger partial charge in [0.05, 0.1) is 18.2 Å². The lowest BCUT2D eigenvalue weighted by atomic mass is 10.1. The average molecular weight is 252 g/mol. The summed E-state index contributed by atoms with van der Waals surface area (Å²) in [6.07, 6.45) is 0.401. The minimum atomic E-state index is -1.30. The van der Waals surface area contributed by atoms with Gasteiger partial charge >= 0.3 is 5.97 Å². The minimum Gasteiger partial charge on any atom is -0.480 e. The van der Waals surface area contributed by atoms with Gasteiger partial charge in [0.1, 0.15) is 0 Å². The van der Waals surface area contributed by atoms with E-state index < -0.39 is 24.0 Å². The molecule has 1 aromatic rings. The van der Waals surface area contributed by atoms with Crippen molar-refractivity contribution in [2.24, 2.45) is 0 Å². The number of aliphatic hydroxyl groups excluding tert-OH is 1. The van der Waals surface area contributed by atoms with E-state index >= 15 is 0 Å². The molecule has 0 fully saturated rings. The fourth-order valence-corrected chi connectivity index (χ4v) is 1.47. The minimum absolute atomic E-state index is 0.0107. The number of carbonyl (C=O) groups is 2. The zero-order valence-corrected chi connectivity index (χ0v) is 10.3. The first-order valence-electron chi connectivity index (χ1n) is 5.52. The first-order valence-corrected chi connectivity index (χ1v) is 5.52. The predicted octanol–water partition coefficient (Wildman–Crippen LogP) is -0.117. The predicted molar refractivity (Wildman–Crippen MR) is 63.9 cm³/mol. The number of rotatable bonds is 5. The van der Waals surface area contributed by atoms with E-state index in [1.807, 2.05) is 13.0 Å². The number of aromatic nitrogens is 1. The maximum Gasteiger partial charge on any atom is 0.328 e. The molecule has 1 amide bonds. The highest BCUT2D eigenvalue weighted by molar-refractivity contribution is 5.85. The smallest absolute Gasteiger partial charge is 0.328 e. The molecule has 0 aliphatic heterocycles. The van der Waals surface area contributed by atoms with Crippen molar-refractivity contribution >= 4 is 11.9 Å². The molecule has 3 N–H and O–H groups in total. The van der Waals surface area contributed by atoms with Gasteiger partial charge in [-0.3, -0.25) is 9.78 Å². The second kappa shape index (κ2) is 6.11. The Kier molecular flexibility index (Phi) is 4.79. The Hall–Kier alpha value is -1.95. The van der Waals surface area contributed by atoms with E-state index in [4.69, 9.17) is 5.11 Å². The standard InChI is InChI=1S/C12H16N2O4/c1-7-4-3-5-13-9(7)6-10(16)14-11(8(2)15)12(17)18/h3-5,8,11,15H,6H2,1-2H3,(H,14,16)(H,17,18)/t8-,11+/m1/s1. The molecule has 0 spiro atoms. The van der Waals surface area contributed by atoms with Crippen LogP contribution in [-0.4, -0.2) is 39.2 Å². The molecule has 0 aliphatic carbocycles. The van der Waals surface area contributed by atoms with Crippen molar-refractivity contribution in [2.45, 2.75) is 32.4 Å². The van der Waals surface area contributed by atoms with Crippen LogP contribution in [0.2, 0.25) is 0 Å². The van der Waals surface area contributed by atoms with E-state index in [0.29, 0.717) is 5.69 Å². The fraction of sp³-hybridized carbons (Fsp3) is 0.417. The third kappa shape index (κ3) is 3.81. The van der Waals surface area contributed by atoms with E-state index in [-0.39, 0.29) is 6.42 Å². The first kappa shape index (κ1) is 14.1. The molecule has 1 aromatic heterocycles. The summed E-state index contributed by atoms with van der Waals surface area (Å²) in [5.74, 6) is -1.75. The van der Waals surface area contributed by atoms with E-state index in [9.17, 15) is 14.7 Å². The maximum atomic E-state index is 11.7. The number of carbonyl (C=O) groups excluding carboxylic acids is 1. The van der Waals surface area contributed by atoms with Crippen molar-refractivity contribution in [1.29, 1.82) is 0 Å². The van der Waals surface area contributed by atoms with Crippen LogP contribution in [0.1, 0.15) is 18.2 Å². The van der Waals surface area contributed by atoms with Gasteiger partial charge in [0.15, 0.2) is 6.04 Å². The summed E-state index contributed by atoms with van der Waals surface area (Å²) in [4.78, 5) is 26.5. The summed E-state index contributed by atoms with van der Waals surface area (Å²) in [7, 11) is 0. The lowest BCUT2D eigenvalue weighted by Crippen LogP contribution is -2.48. The number of aliphatic hydroxyl groups is 1. The third-order valence-electron chi connectivity index (χ3n) is 2.51. The van der Waals surface area contributed by atoms with Gasteiger partial charge in [-0.1, -0.05) is 6.07 Å². The highest BCUT2D eigenvalue weighted by atomic mass is 16.4.